The molecule has 27 heavy (non-hydrogen) atoms. The first-order valence-corrected chi connectivity index (χ1v) is 9.09. The van der Waals surface area contributed by atoms with Gasteiger partial charge in [0.05, 0.1) is 5.92 Å². The lowest BCUT2D eigenvalue weighted by molar-refractivity contribution is -0.141. The summed E-state index contributed by atoms with van der Waals surface area (Å²) in [4.78, 5) is 24.6. The molecule has 0 aromatic heterocycles. The number of aliphatic carboxylic acids is 1. The summed E-state index contributed by atoms with van der Waals surface area (Å²) in [5.74, 6) is -1.01. The number of hydrogen-bond donors (Lipinski definition) is 1. The Labute approximate surface area is 159 Å². The van der Waals surface area contributed by atoms with Crippen LogP contribution in [0.15, 0.2) is 48.5 Å². The molecule has 1 atom stereocenters. The molecule has 1 amide bonds. The molecule has 2 aromatic carbocycles. The van der Waals surface area contributed by atoms with Crippen molar-refractivity contribution < 1.29 is 19.4 Å². The summed E-state index contributed by atoms with van der Waals surface area (Å²) in [6, 6.07) is 15.6. The van der Waals surface area contributed by atoms with Gasteiger partial charge in [-0.3, -0.25) is 9.59 Å². The highest BCUT2D eigenvalue weighted by atomic mass is 16.5. The van der Waals surface area contributed by atoms with E-state index < -0.39 is 11.9 Å². The SMILES string of the molecule is CC(C)(C)c1ccc(COc2ccc(N3CC(C(=O)O)CC3=O)cc2)cc1. The minimum Gasteiger partial charge on any atom is -0.489 e. The molecule has 3 rings (SSSR count). The van der Waals surface area contributed by atoms with Gasteiger partial charge < -0.3 is 14.7 Å². The van der Waals surface area contributed by atoms with Gasteiger partial charge in [0.15, 0.2) is 0 Å². The van der Waals surface area contributed by atoms with Crippen molar-refractivity contribution in [1.82, 2.24) is 0 Å². The van der Waals surface area contributed by atoms with Gasteiger partial charge in [-0.1, -0.05) is 45.0 Å². The zero-order valence-corrected chi connectivity index (χ0v) is 15.9. The molecule has 2 aromatic rings. The minimum atomic E-state index is -0.928. The Balaban J connectivity index is 1.60. The van der Waals surface area contributed by atoms with Crippen molar-refractivity contribution in [2.24, 2.45) is 5.92 Å². The van der Waals surface area contributed by atoms with Crippen molar-refractivity contribution in [3.05, 3.63) is 59.7 Å². The van der Waals surface area contributed by atoms with Gasteiger partial charge in [-0.25, -0.2) is 0 Å². The second-order valence-electron chi connectivity index (χ2n) is 7.97. The van der Waals surface area contributed by atoms with Crippen LogP contribution in [0.5, 0.6) is 5.75 Å². The minimum absolute atomic E-state index is 0.0537. The number of hydrogen-bond acceptors (Lipinski definition) is 3. The van der Waals surface area contributed by atoms with E-state index in [1.807, 2.05) is 0 Å². The van der Waals surface area contributed by atoms with Crippen molar-refractivity contribution in [2.75, 3.05) is 11.4 Å². The number of carboxylic acid groups (broad SMARTS) is 1. The molecule has 142 valence electrons. The van der Waals surface area contributed by atoms with Gasteiger partial charge in [-0.2, -0.15) is 0 Å². The van der Waals surface area contributed by atoms with Crippen LogP contribution < -0.4 is 9.64 Å². The zero-order chi connectivity index (χ0) is 19.6. The van der Waals surface area contributed by atoms with Gasteiger partial charge in [-0.15, -0.1) is 0 Å². The van der Waals surface area contributed by atoms with Crippen molar-refractivity contribution in [1.29, 1.82) is 0 Å². The molecule has 1 heterocycles. The summed E-state index contributed by atoms with van der Waals surface area (Å²) in [6.07, 6.45) is 0.0537. The molecule has 1 N–H and O–H groups in total. The highest BCUT2D eigenvalue weighted by Gasteiger charge is 2.34. The van der Waals surface area contributed by atoms with E-state index in [1.165, 1.54) is 10.5 Å². The second kappa shape index (κ2) is 7.43. The average molecular weight is 367 g/mol. The maximum absolute atomic E-state index is 12.0. The number of nitrogens with zero attached hydrogens (tertiary/aromatic N) is 1. The maximum Gasteiger partial charge on any atom is 0.308 e. The monoisotopic (exact) mass is 367 g/mol. The summed E-state index contributed by atoms with van der Waals surface area (Å²) in [5.41, 5.74) is 3.20. The number of ether oxygens (including phenoxy) is 1. The fourth-order valence-corrected chi connectivity index (χ4v) is 3.11. The van der Waals surface area contributed by atoms with E-state index in [1.54, 1.807) is 24.3 Å². The summed E-state index contributed by atoms with van der Waals surface area (Å²) in [7, 11) is 0. The van der Waals surface area contributed by atoms with Crippen LogP contribution in [0.4, 0.5) is 5.69 Å². The van der Waals surface area contributed by atoms with Gasteiger partial charge in [0, 0.05) is 18.7 Å². The lowest BCUT2D eigenvalue weighted by Gasteiger charge is -2.19. The Kier molecular flexibility index (Phi) is 5.22. The van der Waals surface area contributed by atoms with Crippen LogP contribution in [0.25, 0.3) is 0 Å². The molecule has 0 aliphatic carbocycles. The summed E-state index contributed by atoms with van der Waals surface area (Å²) in [5, 5.41) is 9.08. The summed E-state index contributed by atoms with van der Waals surface area (Å²) in [6.45, 7) is 7.24. The number of benzene rings is 2. The average Bonchev–Trinajstić information content (AvgIpc) is 3.02. The standard InChI is InChI=1S/C22H25NO4/c1-22(2,3)17-6-4-15(5-7-17)14-27-19-10-8-18(9-11-19)23-13-16(21(25)26)12-20(23)24/h4-11,16H,12-14H2,1-3H3,(H,25,26). The number of carbonyl (C=O) groups excluding carboxylic acids is 1. The molecule has 0 saturated carbocycles. The highest BCUT2D eigenvalue weighted by molar-refractivity contribution is 5.99. The number of amides is 1. The van der Waals surface area contributed by atoms with Gasteiger partial charge in [0.1, 0.15) is 12.4 Å². The normalized spacial score (nSPS) is 17.2. The number of carboxylic acids is 1. The molecular formula is C22H25NO4. The molecule has 1 saturated heterocycles. The maximum atomic E-state index is 12.0. The smallest absolute Gasteiger partial charge is 0.308 e. The third-order valence-corrected chi connectivity index (χ3v) is 4.85. The Bertz CT molecular complexity index is 819. The first-order chi connectivity index (χ1) is 12.7. The molecule has 5 heteroatoms. The van der Waals surface area contributed by atoms with Crippen molar-refractivity contribution >= 4 is 17.6 Å². The number of anilines is 1. The van der Waals surface area contributed by atoms with Crippen LogP contribution in [-0.4, -0.2) is 23.5 Å². The van der Waals surface area contributed by atoms with E-state index in [4.69, 9.17) is 9.84 Å². The predicted octanol–water partition coefficient (Wildman–Crippen LogP) is 4.00. The van der Waals surface area contributed by atoms with E-state index in [2.05, 4.69) is 45.0 Å². The van der Waals surface area contributed by atoms with E-state index in [9.17, 15) is 9.59 Å². The van der Waals surface area contributed by atoms with E-state index in [0.29, 0.717) is 18.0 Å². The lowest BCUT2D eigenvalue weighted by Crippen LogP contribution is -2.25. The van der Waals surface area contributed by atoms with Crippen LogP contribution in [0.1, 0.15) is 38.3 Å². The van der Waals surface area contributed by atoms with Crippen LogP contribution >= 0.6 is 0 Å². The van der Waals surface area contributed by atoms with Gasteiger partial charge >= 0.3 is 5.97 Å². The number of carbonyl (C=O) groups is 2. The molecule has 0 bridgehead atoms. The third kappa shape index (κ3) is 4.48. The summed E-state index contributed by atoms with van der Waals surface area (Å²) < 4.78 is 5.82. The lowest BCUT2D eigenvalue weighted by atomic mass is 9.87. The van der Waals surface area contributed by atoms with Crippen LogP contribution in [0, 0.1) is 5.92 Å². The van der Waals surface area contributed by atoms with Crippen molar-refractivity contribution in [2.45, 2.75) is 39.2 Å². The van der Waals surface area contributed by atoms with Crippen LogP contribution in [0.3, 0.4) is 0 Å². The molecule has 1 fully saturated rings. The Hall–Kier alpha value is -2.82. The van der Waals surface area contributed by atoms with Crippen molar-refractivity contribution in [3.8, 4) is 5.75 Å². The molecule has 1 aliphatic heterocycles. The fraction of sp³-hybridized carbons (Fsp3) is 0.364. The zero-order valence-electron chi connectivity index (χ0n) is 15.9. The molecule has 0 radical (unpaired) electrons. The summed E-state index contributed by atoms with van der Waals surface area (Å²) >= 11 is 0. The predicted molar refractivity (Wildman–Crippen MR) is 104 cm³/mol. The molecular weight excluding hydrogens is 342 g/mol. The van der Waals surface area contributed by atoms with Crippen LogP contribution in [-0.2, 0) is 21.6 Å². The largest absolute Gasteiger partial charge is 0.489 e. The van der Waals surface area contributed by atoms with Crippen molar-refractivity contribution in [3.63, 3.8) is 0 Å². The van der Waals surface area contributed by atoms with Gasteiger partial charge in [0.25, 0.3) is 0 Å². The molecule has 1 unspecified atom stereocenters. The Morgan fingerprint density at radius 1 is 1.11 bits per heavy atom. The quantitative estimate of drug-likeness (QED) is 0.867. The Morgan fingerprint density at radius 3 is 2.26 bits per heavy atom. The molecule has 5 nitrogen and oxygen atoms in total. The van der Waals surface area contributed by atoms with E-state index in [-0.39, 0.29) is 24.3 Å². The van der Waals surface area contributed by atoms with Crippen LogP contribution in [0.2, 0.25) is 0 Å². The van der Waals surface area contributed by atoms with E-state index in [0.717, 1.165) is 5.56 Å². The fourth-order valence-electron chi connectivity index (χ4n) is 3.11. The number of rotatable bonds is 5. The van der Waals surface area contributed by atoms with Gasteiger partial charge in [0.2, 0.25) is 5.91 Å². The van der Waals surface area contributed by atoms with E-state index >= 15 is 0 Å². The molecule has 0 spiro atoms. The second-order valence-corrected chi connectivity index (χ2v) is 7.97. The Morgan fingerprint density at radius 2 is 1.74 bits per heavy atom. The topological polar surface area (TPSA) is 66.8 Å². The first-order valence-electron chi connectivity index (χ1n) is 9.09. The molecule has 1 aliphatic rings. The highest BCUT2D eigenvalue weighted by Crippen LogP contribution is 2.27. The van der Waals surface area contributed by atoms with Gasteiger partial charge in [-0.05, 0) is 40.8 Å². The first kappa shape index (κ1) is 19.0. The third-order valence-electron chi connectivity index (χ3n) is 4.85.